The summed E-state index contributed by atoms with van der Waals surface area (Å²) in [6.45, 7) is 2.83. The third kappa shape index (κ3) is 2.83. The molecule has 2 heterocycles. The maximum atomic E-state index is 10.9. The molecule has 18 heavy (non-hydrogen) atoms. The molecule has 0 saturated carbocycles. The lowest BCUT2D eigenvalue weighted by atomic mass is 10.2. The predicted molar refractivity (Wildman–Crippen MR) is 66.5 cm³/mol. The Balaban J connectivity index is 2.27. The van der Waals surface area contributed by atoms with E-state index < -0.39 is 5.97 Å². The Labute approximate surface area is 106 Å². The van der Waals surface area contributed by atoms with Crippen molar-refractivity contribution < 1.29 is 9.90 Å². The van der Waals surface area contributed by atoms with E-state index in [4.69, 9.17) is 5.11 Å². The van der Waals surface area contributed by atoms with Crippen LogP contribution in [0.5, 0.6) is 0 Å². The SMILES string of the molecule is CN1CCCN(C)C(c2nccc(C(=O)O)n2)C1. The molecule has 2 rings (SSSR count). The highest BCUT2D eigenvalue weighted by atomic mass is 16.4. The van der Waals surface area contributed by atoms with Crippen LogP contribution < -0.4 is 0 Å². The Bertz CT molecular complexity index is 438. The van der Waals surface area contributed by atoms with Gasteiger partial charge in [0, 0.05) is 12.7 Å². The highest BCUT2D eigenvalue weighted by Gasteiger charge is 2.24. The van der Waals surface area contributed by atoms with Crippen LogP contribution in [0.25, 0.3) is 0 Å². The highest BCUT2D eigenvalue weighted by Crippen LogP contribution is 2.19. The number of aromatic nitrogens is 2. The summed E-state index contributed by atoms with van der Waals surface area (Å²) in [5.74, 6) is -0.422. The molecule has 0 aliphatic carbocycles. The molecule has 1 unspecified atom stereocenters. The van der Waals surface area contributed by atoms with Gasteiger partial charge in [-0.2, -0.15) is 0 Å². The Hall–Kier alpha value is -1.53. The van der Waals surface area contributed by atoms with Crippen LogP contribution in [0.15, 0.2) is 12.3 Å². The summed E-state index contributed by atoms with van der Waals surface area (Å²) in [5.41, 5.74) is 0.0558. The lowest BCUT2D eigenvalue weighted by molar-refractivity contribution is 0.0689. The average molecular weight is 250 g/mol. The van der Waals surface area contributed by atoms with Gasteiger partial charge in [0.1, 0.15) is 5.82 Å². The van der Waals surface area contributed by atoms with Crippen LogP contribution in [0.4, 0.5) is 0 Å². The largest absolute Gasteiger partial charge is 0.477 e. The monoisotopic (exact) mass is 250 g/mol. The first kappa shape index (κ1) is 12.9. The zero-order valence-electron chi connectivity index (χ0n) is 10.7. The molecule has 1 aliphatic heterocycles. The van der Waals surface area contributed by atoms with Gasteiger partial charge in [-0.1, -0.05) is 0 Å². The molecular formula is C12H18N4O2. The van der Waals surface area contributed by atoms with E-state index in [1.807, 2.05) is 7.05 Å². The summed E-state index contributed by atoms with van der Waals surface area (Å²) in [5, 5.41) is 8.97. The van der Waals surface area contributed by atoms with Gasteiger partial charge in [-0.3, -0.25) is 4.90 Å². The number of nitrogens with zero attached hydrogens (tertiary/aromatic N) is 4. The lowest BCUT2D eigenvalue weighted by Gasteiger charge is -2.25. The van der Waals surface area contributed by atoms with E-state index in [2.05, 4.69) is 26.8 Å². The van der Waals surface area contributed by atoms with Crippen molar-refractivity contribution in [2.45, 2.75) is 12.5 Å². The second-order valence-corrected chi connectivity index (χ2v) is 4.72. The minimum atomic E-state index is -1.01. The summed E-state index contributed by atoms with van der Waals surface area (Å²) < 4.78 is 0. The van der Waals surface area contributed by atoms with E-state index in [-0.39, 0.29) is 11.7 Å². The molecular weight excluding hydrogens is 232 g/mol. The molecule has 1 aromatic rings. The Morgan fingerprint density at radius 3 is 2.94 bits per heavy atom. The molecule has 98 valence electrons. The van der Waals surface area contributed by atoms with Gasteiger partial charge in [-0.25, -0.2) is 14.8 Å². The number of carboxylic acids is 1. The van der Waals surface area contributed by atoms with Gasteiger partial charge < -0.3 is 10.0 Å². The van der Waals surface area contributed by atoms with Crippen LogP contribution in [0.3, 0.4) is 0 Å². The molecule has 0 amide bonds. The molecule has 1 fully saturated rings. The van der Waals surface area contributed by atoms with Gasteiger partial charge in [0.05, 0.1) is 6.04 Å². The number of carboxylic acid groups (broad SMARTS) is 1. The first-order chi connectivity index (χ1) is 8.58. The van der Waals surface area contributed by atoms with Gasteiger partial charge in [0.25, 0.3) is 0 Å². The lowest BCUT2D eigenvalue weighted by Crippen LogP contribution is -2.32. The Morgan fingerprint density at radius 1 is 1.44 bits per heavy atom. The number of aromatic carboxylic acids is 1. The summed E-state index contributed by atoms with van der Waals surface area (Å²) in [4.78, 5) is 23.7. The molecule has 1 N–H and O–H groups in total. The Morgan fingerprint density at radius 2 is 2.22 bits per heavy atom. The van der Waals surface area contributed by atoms with Crippen LogP contribution in [-0.2, 0) is 0 Å². The first-order valence-corrected chi connectivity index (χ1v) is 6.03. The van der Waals surface area contributed by atoms with E-state index in [9.17, 15) is 4.79 Å². The van der Waals surface area contributed by atoms with Crippen LogP contribution in [0.2, 0.25) is 0 Å². The summed E-state index contributed by atoms with van der Waals surface area (Å²) in [6, 6.07) is 1.48. The van der Waals surface area contributed by atoms with Crippen molar-refractivity contribution >= 4 is 5.97 Å². The van der Waals surface area contributed by atoms with E-state index in [0.717, 1.165) is 26.1 Å². The van der Waals surface area contributed by atoms with Crippen molar-refractivity contribution in [2.75, 3.05) is 33.7 Å². The van der Waals surface area contributed by atoms with Crippen LogP contribution in [0.1, 0.15) is 28.8 Å². The molecule has 0 aromatic carbocycles. The summed E-state index contributed by atoms with van der Waals surface area (Å²) >= 11 is 0. The molecule has 1 aliphatic rings. The molecule has 0 radical (unpaired) electrons. The Kier molecular flexibility index (Phi) is 3.88. The molecule has 1 aromatic heterocycles. The van der Waals surface area contributed by atoms with Crippen molar-refractivity contribution in [3.05, 3.63) is 23.8 Å². The maximum absolute atomic E-state index is 10.9. The predicted octanol–water partition coefficient (Wildman–Crippen LogP) is 0.483. The standard InChI is InChI=1S/C12H18N4O2/c1-15-6-3-7-16(2)10(8-15)11-13-5-4-9(14-11)12(17)18/h4-5,10H,3,6-8H2,1-2H3,(H,17,18). The summed E-state index contributed by atoms with van der Waals surface area (Å²) in [7, 11) is 4.09. The fourth-order valence-electron chi connectivity index (χ4n) is 2.20. The fraction of sp³-hybridized carbons (Fsp3) is 0.583. The second kappa shape index (κ2) is 5.41. The van der Waals surface area contributed by atoms with Gasteiger partial charge in [0.15, 0.2) is 5.69 Å². The molecule has 0 spiro atoms. The number of rotatable bonds is 2. The number of likely N-dealkylation sites (N-methyl/N-ethyl adjacent to an activating group) is 2. The van der Waals surface area contributed by atoms with Crippen LogP contribution in [0, 0.1) is 0 Å². The van der Waals surface area contributed by atoms with Crippen molar-refractivity contribution in [2.24, 2.45) is 0 Å². The molecule has 6 nitrogen and oxygen atoms in total. The normalized spacial score (nSPS) is 22.7. The zero-order chi connectivity index (χ0) is 13.1. The fourth-order valence-corrected chi connectivity index (χ4v) is 2.20. The van der Waals surface area contributed by atoms with Crippen molar-refractivity contribution in [3.8, 4) is 0 Å². The molecule has 1 saturated heterocycles. The van der Waals surface area contributed by atoms with Gasteiger partial charge >= 0.3 is 5.97 Å². The van der Waals surface area contributed by atoms with Crippen molar-refractivity contribution in [1.82, 2.24) is 19.8 Å². The molecule has 1 atom stereocenters. The van der Waals surface area contributed by atoms with Crippen LogP contribution in [-0.4, -0.2) is 64.6 Å². The quantitative estimate of drug-likeness (QED) is 0.823. The molecule has 0 bridgehead atoms. The number of carbonyl (C=O) groups is 1. The number of hydrogen-bond donors (Lipinski definition) is 1. The third-order valence-electron chi connectivity index (χ3n) is 3.26. The van der Waals surface area contributed by atoms with Gasteiger partial charge in [0.2, 0.25) is 0 Å². The minimum Gasteiger partial charge on any atom is -0.477 e. The molecule has 6 heteroatoms. The van der Waals surface area contributed by atoms with Crippen LogP contribution >= 0.6 is 0 Å². The van der Waals surface area contributed by atoms with Gasteiger partial charge in [-0.15, -0.1) is 0 Å². The zero-order valence-corrected chi connectivity index (χ0v) is 10.7. The first-order valence-electron chi connectivity index (χ1n) is 6.03. The van der Waals surface area contributed by atoms with E-state index >= 15 is 0 Å². The third-order valence-corrected chi connectivity index (χ3v) is 3.26. The highest BCUT2D eigenvalue weighted by molar-refractivity contribution is 5.85. The van der Waals surface area contributed by atoms with E-state index in [1.54, 1.807) is 0 Å². The number of hydrogen-bond acceptors (Lipinski definition) is 5. The van der Waals surface area contributed by atoms with E-state index in [0.29, 0.717) is 5.82 Å². The summed E-state index contributed by atoms with van der Waals surface area (Å²) in [6.07, 6.45) is 2.62. The van der Waals surface area contributed by atoms with E-state index in [1.165, 1.54) is 12.3 Å². The maximum Gasteiger partial charge on any atom is 0.354 e. The smallest absolute Gasteiger partial charge is 0.354 e. The average Bonchev–Trinajstić information content (AvgIpc) is 2.51. The van der Waals surface area contributed by atoms with Crippen molar-refractivity contribution in [3.63, 3.8) is 0 Å². The van der Waals surface area contributed by atoms with Gasteiger partial charge in [-0.05, 0) is 39.7 Å². The second-order valence-electron chi connectivity index (χ2n) is 4.72. The topological polar surface area (TPSA) is 69.6 Å². The minimum absolute atomic E-state index is 0.0526. The van der Waals surface area contributed by atoms with Crippen molar-refractivity contribution in [1.29, 1.82) is 0 Å².